The molecule has 1 atom stereocenters. The topological polar surface area (TPSA) is 59.1 Å². The highest BCUT2D eigenvalue weighted by atomic mass is 35.5. The SMILES string of the molecule is Cl.Cl.N=C(N)C(Oc1cccc(C(F)(F)F)c1)c1ccccc1. The highest BCUT2D eigenvalue weighted by molar-refractivity contribution is 5.85. The van der Waals surface area contributed by atoms with E-state index < -0.39 is 17.8 Å². The van der Waals surface area contributed by atoms with Gasteiger partial charge in [0.2, 0.25) is 0 Å². The molecule has 2 aromatic rings. The first kappa shape index (κ1) is 21.1. The second kappa shape index (κ2) is 8.64. The van der Waals surface area contributed by atoms with Crippen molar-refractivity contribution >= 4 is 30.6 Å². The number of nitrogens with one attached hydrogen (secondary N) is 1. The molecule has 0 saturated carbocycles. The number of hydrogen-bond donors (Lipinski definition) is 2. The minimum atomic E-state index is -4.45. The fourth-order valence-electron chi connectivity index (χ4n) is 1.82. The van der Waals surface area contributed by atoms with Gasteiger partial charge in [-0.25, -0.2) is 0 Å². The first-order valence-electron chi connectivity index (χ1n) is 6.10. The zero-order valence-corrected chi connectivity index (χ0v) is 13.3. The van der Waals surface area contributed by atoms with E-state index in [1.54, 1.807) is 30.3 Å². The van der Waals surface area contributed by atoms with Gasteiger partial charge in [-0.3, -0.25) is 5.41 Å². The summed E-state index contributed by atoms with van der Waals surface area (Å²) in [7, 11) is 0. The lowest BCUT2D eigenvalue weighted by atomic mass is 10.1. The van der Waals surface area contributed by atoms with E-state index >= 15 is 0 Å². The standard InChI is InChI=1S/C15H13F3N2O.2ClH/c16-15(17,18)11-7-4-8-12(9-11)21-13(14(19)20)10-5-2-1-3-6-10;;/h1-9,13H,(H3,19,20);2*1H. The Bertz CT molecular complexity index is 636. The summed E-state index contributed by atoms with van der Waals surface area (Å²) in [5, 5.41) is 7.55. The van der Waals surface area contributed by atoms with Crippen molar-refractivity contribution in [2.75, 3.05) is 0 Å². The summed E-state index contributed by atoms with van der Waals surface area (Å²) in [5.74, 6) is -0.271. The zero-order valence-electron chi connectivity index (χ0n) is 11.7. The third-order valence-corrected chi connectivity index (χ3v) is 2.80. The van der Waals surface area contributed by atoms with E-state index in [4.69, 9.17) is 15.9 Å². The van der Waals surface area contributed by atoms with E-state index in [0.717, 1.165) is 12.1 Å². The molecular formula is C15H15Cl2F3N2O. The fraction of sp³-hybridized carbons (Fsp3) is 0.133. The minimum Gasteiger partial charge on any atom is -0.478 e. The van der Waals surface area contributed by atoms with Crippen molar-refractivity contribution < 1.29 is 17.9 Å². The molecule has 0 fully saturated rings. The van der Waals surface area contributed by atoms with Crippen molar-refractivity contribution in [1.82, 2.24) is 0 Å². The molecule has 1 unspecified atom stereocenters. The predicted molar refractivity (Wildman–Crippen MR) is 87.7 cm³/mol. The minimum absolute atomic E-state index is 0. The smallest absolute Gasteiger partial charge is 0.416 e. The van der Waals surface area contributed by atoms with Gasteiger partial charge in [0, 0.05) is 0 Å². The van der Waals surface area contributed by atoms with Crippen LogP contribution in [0.2, 0.25) is 0 Å². The van der Waals surface area contributed by atoms with Gasteiger partial charge in [0.15, 0.2) is 6.10 Å². The maximum Gasteiger partial charge on any atom is 0.416 e. The molecule has 0 aromatic heterocycles. The second-order valence-electron chi connectivity index (χ2n) is 4.39. The van der Waals surface area contributed by atoms with E-state index in [0.29, 0.717) is 5.56 Å². The molecule has 0 amide bonds. The molecule has 126 valence electrons. The van der Waals surface area contributed by atoms with Crippen LogP contribution in [0, 0.1) is 5.41 Å². The molecule has 0 radical (unpaired) electrons. The first-order valence-corrected chi connectivity index (χ1v) is 6.10. The Labute approximate surface area is 144 Å². The summed E-state index contributed by atoms with van der Waals surface area (Å²) >= 11 is 0. The van der Waals surface area contributed by atoms with Gasteiger partial charge in [-0.2, -0.15) is 13.2 Å². The van der Waals surface area contributed by atoms with Crippen LogP contribution in [-0.2, 0) is 6.18 Å². The number of rotatable bonds is 4. The van der Waals surface area contributed by atoms with E-state index in [1.165, 1.54) is 12.1 Å². The van der Waals surface area contributed by atoms with Crippen molar-refractivity contribution in [2.45, 2.75) is 12.3 Å². The average Bonchev–Trinajstić information content (AvgIpc) is 2.45. The Morgan fingerprint density at radius 1 is 1.00 bits per heavy atom. The molecule has 2 aromatic carbocycles. The molecule has 0 aliphatic carbocycles. The quantitative estimate of drug-likeness (QED) is 0.613. The molecule has 3 N–H and O–H groups in total. The van der Waals surface area contributed by atoms with Crippen LogP contribution in [-0.4, -0.2) is 5.84 Å². The van der Waals surface area contributed by atoms with Gasteiger partial charge in [-0.15, -0.1) is 24.8 Å². The largest absolute Gasteiger partial charge is 0.478 e. The number of halogens is 5. The molecule has 8 heteroatoms. The van der Waals surface area contributed by atoms with Gasteiger partial charge in [-0.05, 0) is 23.8 Å². The van der Waals surface area contributed by atoms with Crippen LogP contribution >= 0.6 is 24.8 Å². The summed E-state index contributed by atoms with van der Waals surface area (Å²) in [6, 6.07) is 13.1. The van der Waals surface area contributed by atoms with E-state index in [1.807, 2.05) is 0 Å². The third-order valence-electron chi connectivity index (χ3n) is 2.80. The Morgan fingerprint density at radius 3 is 2.13 bits per heavy atom. The van der Waals surface area contributed by atoms with Crippen molar-refractivity contribution in [2.24, 2.45) is 5.73 Å². The van der Waals surface area contributed by atoms with E-state index in [9.17, 15) is 13.2 Å². The summed E-state index contributed by atoms with van der Waals surface area (Å²) in [6.45, 7) is 0. The molecule has 0 heterocycles. The maximum absolute atomic E-state index is 12.7. The van der Waals surface area contributed by atoms with Crippen LogP contribution in [0.4, 0.5) is 13.2 Å². The molecular weight excluding hydrogens is 352 g/mol. The molecule has 2 rings (SSSR count). The summed E-state index contributed by atoms with van der Waals surface area (Å²) < 4.78 is 43.4. The van der Waals surface area contributed by atoms with Gasteiger partial charge in [0.05, 0.1) is 5.56 Å². The summed E-state index contributed by atoms with van der Waals surface area (Å²) in [6.07, 6.45) is -5.37. The highest BCUT2D eigenvalue weighted by Crippen LogP contribution is 2.32. The van der Waals surface area contributed by atoms with Crippen LogP contribution in [0.25, 0.3) is 0 Å². The molecule has 3 nitrogen and oxygen atoms in total. The van der Waals surface area contributed by atoms with Crippen LogP contribution in [0.5, 0.6) is 5.75 Å². The van der Waals surface area contributed by atoms with Crippen molar-refractivity contribution in [3.05, 3.63) is 65.7 Å². The molecule has 0 aliphatic rings. The number of ether oxygens (including phenoxy) is 1. The van der Waals surface area contributed by atoms with Crippen molar-refractivity contribution in [1.29, 1.82) is 5.41 Å². The van der Waals surface area contributed by atoms with Gasteiger partial charge < -0.3 is 10.5 Å². The molecule has 0 aliphatic heterocycles. The molecule has 0 saturated heterocycles. The Hall–Kier alpha value is -1.92. The predicted octanol–water partition coefficient (Wildman–Crippen LogP) is 4.61. The molecule has 23 heavy (non-hydrogen) atoms. The van der Waals surface area contributed by atoms with Gasteiger partial charge in [0.25, 0.3) is 0 Å². The lowest BCUT2D eigenvalue weighted by molar-refractivity contribution is -0.137. The fourth-order valence-corrected chi connectivity index (χ4v) is 1.82. The van der Waals surface area contributed by atoms with Crippen LogP contribution < -0.4 is 10.5 Å². The lowest BCUT2D eigenvalue weighted by Gasteiger charge is -2.19. The Morgan fingerprint density at radius 2 is 1.61 bits per heavy atom. The number of alkyl halides is 3. The lowest BCUT2D eigenvalue weighted by Crippen LogP contribution is -2.25. The van der Waals surface area contributed by atoms with Crippen molar-refractivity contribution in [3.8, 4) is 5.75 Å². The summed E-state index contributed by atoms with van der Waals surface area (Å²) in [4.78, 5) is 0. The Kier molecular flexibility index (Phi) is 7.92. The first-order chi connectivity index (χ1) is 9.88. The average molecular weight is 367 g/mol. The van der Waals surface area contributed by atoms with Crippen LogP contribution in [0.3, 0.4) is 0 Å². The normalized spacial score (nSPS) is 11.6. The number of nitrogens with two attached hydrogens (primary N) is 1. The van der Waals surface area contributed by atoms with Crippen LogP contribution in [0.1, 0.15) is 17.2 Å². The number of benzene rings is 2. The number of hydrogen-bond acceptors (Lipinski definition) is 2. The third kappa shape index (κ3) is 5.65. The van der Waals surface area contributed by atoms with Gasteiger partial charge >= 0.3 is 6.18 Å². The van der Waals surface area contributed by atoms with Gasteiger partial charge in [0.1, 0.15) is 11.6 Å². The zero-order chi connectivity index (χ0) is 15.5. The van der Waals surface area contributed by atoms with E-state index in [2.05, 4.69) is 0 Å². The molecule has 0 spiro atoms. The summed E-state index contributed by atoms with van der Waals surface area (Å²) in [5.41, 5.74) is 5.27. The van der Waals surface area contributed by atoms with Gasteiger partial charge in [-0.1, -0.05) is 36.4 Å². The molecule has 0 bridgehead atoms. The van der Waals surface area contributed by atoms with E-state index in [-0.39, 0.29) is 36.4 Å². The number of amidine groups is 1. The van der Waals surface area contributed by atoms with Crippen molar-refractivity contribution in [3.63, 3.8) is 0 Å². The monoisotopic (exact) mass is 366 g/mol. The second-order valence-corrected chi connectivity index (χ2v) is 4.39. The highest BCUT2D eigenvalue weighted by Gasteiger charge is 2.31. The van der Waals surface area contributed by atoms with Crippen LogP contribution in [0.15, 0.2) is 54.6 Å². The maximum atomic E-state index is 12.7. The Balaban J connectivity index is 0.00000242.